The summed E-state index contributed by atoms with van der Waals surface area (Å²) in [6.07, 6.45) is 0. The zero-order valence-corrected chi connectivity index (χ0v) is 18.0. The van der Waals surface area contributed by atoms with Gasteiger partial charge in [-0.1, -0.05) is 0 Å². The van der Waals surface area contributed by atoms with Crippen LogP contribution >= 0.6 is 24.0 Å². The summed E-state index contributed by atoms with van der Waals surface area (Å²) < 4.78 is 28.6. The van der Waals surface area contributed by atoms with E-state index in [1.165, 1.54) is 0 Å². The van der Waals surface area contributed by atoms with Gasteiger partial charge in [-0.25, -0.2) is 8.42 Å². The van der Waals surface area contributed by atoms with Gasteiger partial charge in [0.2, 0.25) is 0 Å². The van der Waals surface area contributed by atoms with Gasteiger partial charge in [-0.2, -0.15) is 0 Å². The number of nitrogens with one attached hydrogen (secondary N) is 2. The molecular formula is C14H32IN3O3S. The Balaban J connectivity index is 0. The van der Waals surface area contributed by atoms with Crippen molar-refractivity contribution in [2.24, 2.45) is 4.99 Å². The SMILES string of the molecule is CCNC(=NCC(C)(C)OC)NCCS(=O)(=O)C(C)(C)C.I. The zero-order valence-electron chi connectivity index (χ0n) is 14.8. The van der Waals surface area contributed by atoms with Gasteiger partial charge >= 0.3 is 0 Å². The fraction of sp³-hybridized carbons (Fsp3) is 0.929. The van der Waals surface area contributed by atoms with Crippen LogP contribution in [-0.2, 0) is 14.6 Å². The predicted octanol–water partition coefficient (Wildman–Crippen LogP) is 1.80. The molecule has 0 amide bonds. The van der Waals surface area contributed by atoms with Crippen LogP contribution in [0.3, 0.4) is 0 Å². The van der Waals surface area contributed by atoms with Crippen molar-refractivity contribution in [3.05, 3.63) is 0 Å². The van der Waals surface area contributed by atoms with Crippen LogP contribution in [0.5, 0.6) is 0 Å². The Bertz CT molecular complexity index is 443. The number of hydrogen-bond acceptors (Lipinski definition) is 4. The second-order valence-corrected chi connectivity index (χ2v) is 9.38. The molecule has 0 fully saturated rings. The number of methoxy groups -OCH3 is 1. The number of guanidine groups is 1. The van der Waals surface area contributed by atoms with Crippen LogP contribution in [0.1, 0.15) is 41.5 Å². The third-order valence-electron chi connectivity index (χ3n) is 3.11. The minimum absolute atomic E-state index is 0. The summed E-state index contributed by atoms with van der Waals surface area (Å²) in [6.45, 7) is 12.5. The summed E-state index contributed by atoms with van der Waals surface area (Å²) in [5.74, 6) is 0.681. The van der Waals surface area contributed by atoms with Crippen molar-refractivity contribution in [1.29, 1.82) is 0 Å². The van der Waals surface area contributed by atoms with Crippen LogP contribution in [0.4, 0.5) is 0 Å². The smallest absolute Gasteiger partial charge is 0.191 e. The first-order chi connectivity index (χ1) is 9.45. The van der Waals surface area contributed by atoms with E-state index in [0.717, 1.165) is 0 Å². The minimum Gasteiger partial charge on any atom is -0.377 e. The Labute approximate surface area is 152 Å². The maximum atomic E-state index is 12.0. The molecule has 6 nitrogen and oxygen atoms in total. The molecule has 0 aliphatic carbocycles. The van der Waals surface area contributed by atoms with E-state index in [-0.39, 0.29) is 35.3 Å². The first kappa shape index (κ1) is 24.2. The van der Waals surface area contributed by atoms with Gasteiger partial charge in [-0.05, 0) is 41.5 Å². The molecule has 0 heterocycles. The highest BCUT2D eigenvalue weighted by atomic mass is 127. The fourth-order valence-corrected chi connectivity index (χ4v) is 2.27. The first-order valence-corrected chi connectivity index (χ1v) is 8.90. The van der Waals surface area contributed by atoms with E-state index in [9.17, 15) is 8.42 Å². The van der Waals surface area contributed by atoms with Crippen molar-refractivity contribution in [1.82, 2.24) is 10.6 Å². The normalized spacial score (nSPS) is 13.5. The monoisotopic (exact) mass is 449 g/mol. The lowest BCUT2D eigenvalue weighted by molar-refractivity contribution is 0.0310. The van der Waals surface area contributed by atoms with Gasteiger partial charge in [0.1, 0.15) is 0 Å². The van der Waals surface area contributed by atoms with Crippen molar-refractivity contribution < 1.29 is 13.2 Å². The van der Waals surface area contributed by atoms with Gasteiger partial charge < -0.3 is 15.4 Å². The summed E-state index contributed by atoms with van der Waals surface area (Å²) in [4.78, 5) is 4.41. The van der Waals surface area contributed by atoms with Crippen LogP contribution in [-0.4, -0.2) is 57.2 Å². The molecule has 0 aliphatic heterocycles. The molecule has 0 radical (unpaired) electrons. The molecule has 0 saturated heterocycles. The second-order valence-electron chi connectivity index (χ2n) is 6.52. The fourth-order valence-electron chi connectivity index (χ4n) is 1.29. The number of rotatable bonds is 7. The summed E-state index contributed by atoms with van der Waals surface area (Å²) in [5, 5.41) is 6.14. The van der Waals surface area contributed by atoms with Gasteiger partial charge in [0.25, 0.3) is 0 Å². The Hall–Kier alpha value is -0.0900. The van der Waals surface area contributed by atoms with E-state index in [1.807, 2.05) is 20.8 Å². The Morgan fingerprint density at radius 3 is 2.09 bits per heavy atom. The molecule has 0 rings (SSSR count). The largest absolute Gasteiger partial charge is 0.377 e. The number of sulfone groups is 1. The van der Waals surface area contributed by atoms with Crippen LogP contribution in [0.15, 0.2) is 4.99 Å². The molecular weight excluding hydrogens is 417 g/mol. The van der Waals surface area contributed by atoms with E-state index < -0.39 is 14.6 Å². The Morgan fingerprint density at radius 1 is 1.14 bits per heavy atom. The van der Waals surface area contributed by atoms with Gasteiger partial charge in [-0.15, -0.1) is 24.0 Å². The molecule has 0 spiro atoms. The maximum absolute atomic E-state index is 12.0. The summed E-state index contributed by atoms with van der Waals surface area (Å²) in [6, 6.07) is 0. The molecule has 0 atom stereocenters. The lowest BCUT2D eigenvalue weighted by Gasteiger charge is -2.22. The average molecular weight is 449 g/mol. The van der Waals surface area contributed by atoms with Gasteiger partial charge in [0.15, 0.2) is 15.8 Å². The maximum Gasteiger partial charge on any atom is 0.191 e. The van der Waals surface area contributed by atoms with Crippen molar-refractivity contribution in [3.8, 4) is 0 Å². The van der Waals surface area contributed by atoms with Gasteiger partial charge in [0, 0.05) is 20.2 Å². The van der Waals surface area contributed by atoms with Crippen molar-refractivity contribution >= 4 is 39.8 Å². The van der Waals surface area contributed by atoms with Crippen molar-refractivity contribution in [3.63, 3.8) is 0 Å². The molecule has 0 aromatic rings. The molecule has 134 valence electrons. The number of hydrogen-bond donors (Lipinski definition) is 2. The number of nitrogens with zero attached hydrogens (tertiary/aromatic N) is 1. The van der Waals surface area contributed by atoms with E-state index >= 15 is 0 Å². The quantitative estimate of drug-likeness (QED) is 0.352. The highest BCUT2D eigenvalue weighted by Crippen LogP contribution is 2.15. The van der Waals surface area contributed by atoms with Crippen LogP contribution in [0.2, 0.25) is 0 Å². The average Bonchev–Trinajstić information content (AvgIpc) is 2.34. The summed E-state index contributed by atoms with van der Waals surface area (Å²) in [7, 11) is -1.48. The number of halogens is 1. The predicted molar refractivity (Wildman–Crippen MR) is 104 cm³/mol. The highest BCUT2D eigenvalue weighted by Gasteiger charge is 2.28. The summed E-state index contributed by atoms with van der Waals surface area (Å²) >= 11 is 0. The van der Waals surface area contributed by atoms with Gasteiger partial charge in [-0.3, -0.25) is 4.99 Å². The molecule has 22 heavy (non-hydrogen) atoms. The Kier molecular flexibility index (Phi) is 10.9. The number of aliphatic imine (C=N–C) groups is 1. The van der Waals surface area contributed by atoms with E-state index in [4.69, 9.17) is 4.74 Å². The van der Waals surface area contributed by atoms with E-state index in [0.29, 0.717) is 25.6 Å². The summed E-state index contributed by atoms with van der Waals surface area (Å²) in [5.41, 5.74) is -0.347. The Morgan fingerprint density at radius 2 is 1.68 bits per heavy atom. The molecule has 2 N–H and O–H groups in total. The first-order valence-electron chi connectivity index (χ1n) is 7.25. The molecule has 8 heteroatoms. The third kappa shape index (κ3) is 9.14. The van der Waals surface area contributed by atoms with Crippen LogP contribution < -0.4 is 10.6 Å². The van der Waals surface area contributed by atoms with Gasteiger partial charge in [0.05, 0.1) is 22.6 Å². The molecule has 0 aromatic heterocycles. The molecule has 0 bridgehead atoms. The minimum atomic E-state index is -3.13. The lowest BCUT2D eigenvalue weighted by atomic mass is 10.1. The molecule has 0 aromatic carbocycles. The van der Waals surface area contributed by atoms with E-state index in [1.54, 1.807) is 27.9 Å². The van der Waals surface area contributed by atoms with Crippen LogP contribution in [0.25, 0.3) is 0 Å². The standard InChI is InChI=1S/C14H31N3O3S.HI/c1-8-15-12(17-11-14(5,6)20-7)16-9-10-21(18,19)13(2,3)4;/h8-11H2,1-7H3,(H2,15,16,17);1H. The lowest BCUT2D eigenvalue weighted by Crippen LogP contribution is -2.42. The highest BCUT2D eigenvalue weighted by molar-refractivity contribution is 14.0. The van der Waals surface area contributed by atoms with Crippen LogP contribution in [0, 0.1) is 0 Å². The van der Waals surface area contributed by atoms with E-state index in [2.05, 4.69) is 15.6 Å². The second kappa shape index (κ2) is 9.92. The topological polar surface area (TPSA) is 79.8 Å². The molecule has 0 saturated carbocycles. The zero-order chi connectivity index (χ0) is 16.7. The third-order valence-corrected chi connectivity index (χ3v) is 5.72. The molecule has 0 unspecified atom stereocenters. The van der Waals surface area contributed by atoms with Crippen molar-refractivity contribution in [2.45, 2.75) is 51.9 Å². The molecule has 0 aliphatic rings. The van der Waals surface area contributed by atoms with Crippen molar-refractivity contribution in [2.75, 3.05) is 32.5 Å². The number of ether oxygens (including phenoxy) is 1.